The Labute approximate surface area is 186 Å². The summed E-state index contributed by atoms with van der Waals surface area (Å²) in [6.45, 7) is 2.81. The van der Waals surface area contributed by atoms with Crippen molar-refractivity contribution in [3.8, 4) is 11.5 Å². The molecule has 1 heterocycles. The van der Waals surface area contributed by atoms with E-state index in [-0.39, 0.29) is 18.8 Å². The summed E-state index contributed by atoms with van der Waals surface area (Å²) in [7, 11) is 3.03. The van der Waals surface area contributed by atoms with Crippen LogP contribution < -0.4 is 14.8 Å². The number of nitrogens with one attached hydrogen (secondary N) is 1. The lowest BCUT2D eigenvalue weighted by molar-refractivity contribution is -0.244. The van der Waals surface area contributed by atoms with Crippen molar-refractivity contribution in [2.75, 3.05) is 40.5 Å². The molecule has 0 amide bonds. The molecule has 0 radical (unpaired) electrons. The third-order valence-electron chi connectivity index (χ3n) is 4.63. The first-order valence-corrected chi connectivity index (χ1v) is 10.2. The van der Waals surface area contributed by atoms with Crippen molar-refractivity contribution in [3.63, 3.8) is 0 Å². The van der Waals surface area contributed by atoms with Gasteiger partial charge in [0.25, 0.3) is 0 Å². The maximum atomic E-state index is 12.0. The molecular weight excluding hydrogens is 426 g/mol. The summed E-state index contributed by atoms with van der Waals surface area (Å²) in [4.78, 5) is 23.4. The SMILES string of the molecule is CNCCOCCOc1ccc(CO)c(O[C@@H]2OC(C(=O)OC)CC(OC(C)=O)[C@H]2O)c1. The van der Waals surface area contributed by atoms with Gasteiger partial charge < -0.3 is 44.0 Å². The molecule has 0 aromatic heterocycles. The Morgan fingerprint density at radius 3 is 2.69 bits per heavy atom. The van der Waals surface area contributed by atoms with Crippen LogP contribution in [0.5, 0.6) is 11.5 Å². The molecule has 1 aliphatic heterocycles. The molecule has 3 N–H and O–H groups in total. The molecular formula is C21H31NO10. The Morgan fingerprint density at radius 2 is 2.03 bits per heavy atom. The van der Waals surface area contributed by atoms with Crippen molar-refractivity contribution in [1.29, 1.82) is 0 Å². The van der Waals surface area contributed by atoms with E-state index >= 15 is 0 Å². The number of carbonyl (C=O) groups excluding carboxylic acids is 2. The van der Waals surface area contributed by atoms with Crippen molar-refractivity contribution < 1.29 is 48.2 Å². The Hall–Kier alpha value is -2.44. The van der Waals surface area contributed by atoms with Crippen LogP contribution >= 0.6 is 0 Å². The second-order valence-corrected chi connectivity index (χ2v) is 7.00. The number of carbonyl (C=O) groups is 2. The van der Waals surface area contributed by atoms with Crippen LogP contribution in [0.2, 0.25) is 0 Å². The molecule has 180 valence electrons. The van der Waals surface area contributed by atoms with E-state index in [1.165, 1.54) is 20.1 Å². The predicted octanol–water partition coefficient (Wildman–Crippen LogP) is -0.247. The first-order chi connectivity index (χ1) is 15.4. The van der Waals surface area contributed by atoms with Crippen molar-refractivity contribution in [1.82, 2.24) is 5.32 Å². The molecule has 32 heavy (non-hydrogen) atoms. The van der Waals surface area contributed by atoms with E-state index in [1.807, 2.05) is 7.05 Å². The second-order valence-electron chi connectivity index (χ2n) is 7.00. The fraction of sp³-hybridized carbons (Fsp3) is 0.619. The monoisotopic (exact) mass is 457 g/mol. The van der Waals surface area contributed by atoms with Crippen LogP contribution in [-0.4, -0.2) is 87.3 Å². The Bertz CT molecular complexity index is 743. The van der Waals surface area contributed by atoms with Gasteiger partial charge in [-0.25, -0.2) is 4.79 Å². The van der Waals surface area contributed by atoms with E-state index in [4.69, 9.17) is 28.4 Å². The highest BCUT2D eigenvalue weighted by atomic mass is 16.7. The minimum absolute atomic E-state index is 0.0865. The van der Waals surface area contributed by atoms with Gasteiger partial charge in [-0.2, -0.15) is 0 Å². The zero-order valence-corrected chi connectivity index (χ0v) is 18.4. The minimum atomic E-state index is -1.38. The highest BCUT2D eigenvalue weighted by molar-refractivity contribution is 5.75. The summed E-state index contributed by atoms with van der Waals surface area (Å²) in [5, 5.41) is 23.2. The second kappa shape index (κ2) is 13.2. The van der Waals surface area contributed by atoms with Crippen LogP contribution in [0.25, 0.3) is 0 Å². The third kappa shape index (κ3) is 7.61. The number of hydrogen-bond acceptors (Lipinski definition) is 11. The molecule has 2 unspecified atom stereocenters. The predicted molar refractivity (Wildman–Crippen MR) is 110 cm³/mol. The highest BCUT2D eigenvalue weighted by Crippen LogP contribution is 2.30. The number of methoxy groups -OCH3 is 1. The number of aliphatic hydroxyl groups is 2. The standard InChI is InChI=1S/C21H31NO10/c1-13(24)30-17-11-18(20(26)27-3)32-21(19(17)25)31-16-10-15(5-4-14(16)12-23)29-9-8-28-7-6-22-2/h4-5,10,17-19,21-23,25H,6-9,11-12H2,1-3H3/t17?,18?,19-,21-/m1/s1. The van der Waals surface area contributed by atoms with E-state index in [9.17, 15) is 19.8 Å². The molecule has 4 atom stereocenters. The number of esters is 2. The smallest absolute Gasteiger partial charge is 0.335 e. The number of likely N-dealkylation sites (N-methyl/N-ethyl adjacent to an activating group) is 1. The number of ether oxygens (including phenoxy) is 6. The van der Waals surface area contributed by atoms with E-state index in [2.05, 4.69) is 5.32 Å². The van der Waals surface area contributed by atoms with Crippen LogP contribution in [0.4, 0.5) is 0 Å². The minimum Gasteiger partial charge on any atom is -0.491 e. The molecule has 0 bridgehead atoms. The largest absolute Gasteiger partial charge is 0.491 e. The van der Waals surface area contributed by atoms with Gasteiger partial charge in [0, 0.05) is 31.5 Å². The summed E-state index contributed by atoms with van der Waals surface area (Å²) in [6, 6.07) is 4.78. The van der Waals surface area contributed by atoms with Crippen molar-refractivity contribution >= 4 is 11.9 Å². The average Bonchev–Trinajstić information content (AvgIpc) is 2.78. The van der Waals surface area contributed by atoms with E-state index < -0.39 is 36.5 Å². The van der Waals surface area contributed by atoms with Gasteiger partial charge in [-0.1, -0.05) is 0 Å². The van der Waals surface area contributed by atoms with Gasteiger partial charge in [0.05, 0.1) is 26.9 Å². The number of benzene rings is 1. The summed E-state index contributed by atoms with van der Waals surface area (Å²) >= 11 is 0. The molecule has 1 saturated heterocycles. The molecule has 1 aromatic rings. The van der Waals surface area contributed by atoms with Gasteiger partial charge in [-0.3, -0.25) is 4.79 Å². The van der Waals surface area contributed by atoms with E-state index in [0.29, 0.717) is 31.1 Å². The summed E-state index contributed by atoms with van der Waals surface area (Å²) in [5.74, 6) is -0.694. The van der Waals surface area contributed by atoms with Crippen molar-refractivity contribution in [2.24, 2.45) is 0 Å². The zero-order valence-electron chi connectivity index (χ0n) is 18.4. The molecule has 1 aromatic carbocycles. The van der Waals surface area contributed by atoms with E-state index in [0.717, 1.165) is 6.54 Å². The number of rotatable bonds is 12. The van der Waals surface area contributed by atoms with Crippen LogP contribution in [0, 0.1) is 0 Å². The lowest BCUT2D eigenvalue weighted by Crippen LogP contribution is -2.54. The van der Waals surface area contributed by atoms with Gasteiger partial charge in [-0.05, 0) is 19.2 Å². The number of hydrogen-bond donors (Lipinski definition) is 3. The third-order valence-corrected chi connectivity index (χ3v) is 4.63. The lowest BCUT2D eigenvalue weighted by atomic mass is 10.0. The maximum Gasteiger partial charge on any atom is 0.335 e. The van der Waals surface area contributed by atoms with Crippen LogP contribution in [0.3, 0.4) is 0 Å². The molecule has 11 heteroatoms. The van der Waals surface area contributed by atoms with E-state index in [1.54, 1.807) is 12.1 Å². The molecule has 2 rings (SSSR count). The van der Waals surface area contributed by atoms with Crippen molar-refractivity contribution in [3.05, 3.63) is 23.8 Å². The van der Waals surface area contributed by atoms with Gasteiger partial charge in [-0.15, -0.1) is 0 Å². The maximum absolute atomic E-state index is 12.0. The fourth-order valence-corrected chi connectivity index (χ4v) is 3.02. The molecule has 0 saturated carbocycles. The Balaban J connectivity index is 2.11. The molecule has 0 spiro atoms. The summed E-state index contributed by atoms with van der Waals surface area (Å²) < 4.78 is 32.2. The lowest BCUT2D eigenvalue weighted by Gasteiger charge is -2.37. The Morgan fingerprint density at radius 1 is 1.25 bits per heavy atom. The van der Waals surface area contributed by atoms with Crippen LogP contribution in [0.15, 0.2) is 18.2 Å². The van der Waals surface area contributed by atoms with Gasteiger partial charge >= 0.3 is 11.9 Å². The van der Waals surface area contributed by atoms with Gasteiger partial charge in [0.15, 0.2) is 12.2 Å². The molecule has 0 aliphatic carbocycles. The molecule has 1 fully saturated rings. The first-order valence-electron chi connectivity index (χ1n) is 10.2. The molecule has 11 nitrogen and oxygen atoms in total. The van der Waals surface area contributed by atoms with Crippen molar-refractivity contribution in [2.45, 2.75) is 44.6 Å². The van der Waals surface area contributed by atoms with Gasteiger partial charge in [0.2, 0.25) is 6.29 Å². The number of aliphatic hydroxyl groups excluding tert-OH is 2. The van der Waals surface area contributed by atoms with Gasteiger partial charge in [0.1, 0.15) is 24.2 Å². The summed E-state index contributed by atoms with van der Waals surface area (Å²) in [5.41, 5.74) is 0.405. The quantitative estimate of drug-likeness (QED) is 0.283. The normalized spacial score (nSPS) is 22.8. The zero-order chi connectivity index (χ0) is 23.5. The highest BCUT2D eigenvalue weighted by Gasteiger charge is 2.44. The fourth-order valence-electron chi connectivity index (χ4n) is 3.02. The topological polar surface area (TPSA) is 142 Å². The average molecular weight is 457 g/mol. The van der Waals surface area contributed by atoms with Crippen LogP contribution in [-0.2, 0) is 35.1 Å². The van der Waals surface area contributed by atoms with Crippen LogP contribution in [0.1, 0.15) is 18.9 Å². The molecule has 1 aliphatic rings. The first kappa shape index (κ1) is 25.8. The Kier molecular flexibility index (Phi) is 10.6. The summed E-state index contributed by atoms with van der Waals surface area (Å²) in [6.07, 6.45) is -4.97.